The number of hydrogen-bond donors (Lipinski definition) is 2. The maximum atomic E-state index is 12.3. The lowest BCUT2D eigenvalue weighted by molar-refractivity contribution is 0.0945. The van der Waals surface area contributed by atoms with Crippen molar-refractivity contribution in [1.29, 1.82) is 0 Å². The molecule has 4 nitrogen and oxygen atoms in total. The predicted molar refractivity (Wildman–Crippen MR) is 84.5 cm³/mol. The topological polar surface area (TPSA) is 64.3 Å². The fourth-order valence-corrected chi connectivity index (χ4v) is 3.12. The number of rotatable bonds is 5. The number of ether oxygens (including phenoxy) is 1. The molecule has 1 unspecified atom stereocenters. The molecule has 0 aliphatic carbocycles. The number of fused-ring (bicyclic) bond motifs is 1. The first kappa shape index (κ1) is 14.4. The summed E-state index contributed by atoms with van der Waals surface area (Å²) < 4.78 is 6.25. The van der Waals surface area contributed by atoms with Crippen LogP contribution in [0.2, 0.25) is 0 Å². The Labute approximate surface area is 122 Å². The average Bonchev–Trinajstić information content (AvgIpc) is 2.76. The van der Waals surface area contributed by atoms with Crippen LogP contribution in [0.5, 0.6) is 5.75 Å². The fourth-order valence-electron chi connectivity index (χ4n) is 2.08. The van der Waals surface area contributed by atoms with Gasteiger partial charge in [0.15, 0.2) is 0 Å². The summed E-state index contributed by atoms with van der Waals surface area (Å²) in [6.45, 7) is 5.60. The van der Waals surface area contributed by atoms with E-state index in [4.69, 9.17) is 10.5 Å². The van der Waals surface area contributed by atoms with Gasteiger partial charge in [-0.15, -0.1) is 17.9 Å². The number of benzene rings is 1. The van der Waals surface area contributed by atoms with Crippen molar-refractivity contribution in [3.63, 3.8) is 0 Å². The van der Waals surface area contributed by atoms with Crippen molar-refractivity contribution < 1.29 is 9.53 Å². The third-order valence-electron chi connectivity index (χ3n) is 3.04. The van der Waals surface area contributed by atoms with Crippen LogP contribution in [0.4, 0.5) is 5.69 Å². The third-order valence-corrected chi connectivity index (χ3v) is 4.21. The SMILES string of the molecule is C=CCC(C)NC(=O)c1sc2cccc(OC)c2c1N. The van der Waals surface area contributed by atoms with Gasteiger partial charge in [-0.2, -0.15) is 0 Å². The Bertz CT molecular complexity index is 649. The first-order chi connectivity index (χ1) is 9.58. The van der Waals surface area contributed by atoms with Crippen LogP contribution in [-0.2, 0) is 0 Å². The van der Waals surface area contributed by atoms with E-state index in [1.165, 1.54) is 11.3 Å². The van der Waals surface area contributed by atoms with Crippen molar-refractivity contribution in [1.82, 2.24) is 5.32 Å². The van der Waals surface area contributed by atoms with E-state index in [-0.39, 0.29) is 11.9 Å². The molecule has 0 radical (unpaired) electrons. The van der Waals surface area contributed by atoms with E-state index in [2.05, 4.69) is 11.9 Å². The van der Waals surface area contributed by atoms with Gasteiger partial charge in [0.2, 0.25) is 0 Å². The maximum Gasteiger partial charge on any atom is 0.263 e. The van der Waals surface area contributed by atoms with E-state index in [1.54, 1.807) is 13.2 Å². The molecule has 1 amide bonds. The monoisotopic (exact) mass is 290 g/mol. The number of thiophene rings is 1. The van der Waals surface area contributed by atoms with Gasteiger partial charge in [0, 0.05) is 10.7 Å². The molecule has 0 aliphatic rings. The second kappa shape index (κ2) is 5.96. The fraction of sp³-hybridized carbons (Fsp3) is 0.267. The lowest BCUT2D eigenvalue weighted by atomic mass is 10.2. The Morgan fingerprint density at radius 1 is 1.60 bits per heavy atom. The molecule has 106 valence electrons. The highest BCUT2D eigenvalue weighted by atomic mass is 32.1. The lowest BCUT2D eigenvalue weighted by Gasteiger charge is -2.10. The lowest BCUT2D eigenvalue weighted by Crippen LogP contribution is -2.31. The largest absolute Gasteiger partial charge is 0.496 e. The molecule has 5 heteroatoms. The molecule has 1 atom stereocenters. The van der Waals surface area contributed by atoms with Gasteiger partial charge in [-0.05, 0) is 25.5 Å². The number of nitrogens with two attached hydrogens (primary N) is 1. The summed E-state index contributed by atoms with van der Waals surface area (Å²) in [5, 5.41) is 3.72. The van der Waals surface area contributed by atoms with Crippen molar-refractivity contribution in [3.8, 4) is 5.75 Å². The minimum absolute atomic E-state index is 0.0338. The van der Waals surface area contributed by atoms with Crippen LogP contribution < -0.4 is 15.8 Å². The number of anilines is 1. The molecule has 3 N–H and O–H groups in total. The van der Waals surface area contributed by atoms with Gasteiger partial charge in [0.25, 0.3) is 5.91 Å². The van der Waals surface area contributed by atoms with E-state index in [1.807, 2.05) is 25.1 Å². The van der Waals surface area contributed by atoms with Crippen LogP contribution in [0.3, 0.4) is 0 Å². The van der Waals surface area contributed by atoms with Crippen molar-refractivity contribution in [2.24, 2.45) is 0 Å². The molecular formula is C15H18N2O2S. The van der Waals surface area contributed by atoms with Crippen molar-refractivity contribution >= 4 is 33.0 Å². The molecule has 0 saturated heterocycles. The summed E-state index contributed by atoms with van der Waals surface area (Å²) in [6.07, 6.45) is 2.50. The van der Waals surface area contributed by atoms with Gasteiger partial charge in [-0.3, -0.25) is 4.79 Å². The number of hydrogen-bond acceptors (Lipinski definition) is 4. The summed E-state index contributed by atoms with van der Waals surface area (Å²) in [5.74, 6) is 0.537. The summed E-state index contributed by atoms with van der Waals surface area (Å²) in [5.41, 5.74) is 6.59. The molecule has 0 spiro atoms. The van der Waals surface area contributed by atoms with Crippen LogP contribution in [0, 0.1) is 0 Å². The summed E-state index contributed by atoms with van der Waals surface area (Å²) in [6, 6.07) is 5.70. The number of methoxy groups -OCH3 is 1. The molecule has 1 aromatic heterocycles. The molecule has 0 fully saturated rings. The van der Waals surface area contributed by atoms with Gasteiger partial charge in [-0.25, -0.2) is 0 Å². The van der Waals surface area contributed by atoms with E-state index in [0.717, 1.165) is 16.5 Å². The zero-order valence-electron chi connectivity index (χ0n) is 11.6. The van der Waals surface area contributed by atoms with Crippen LogP contribution in [0.1, 0.15) is 23.0 Å². The van der Waals surface area contributed by atoms with Gasteiger partial charge < -0.3 is 15.8 Å². The zero-order chi connectivity index (χ0) is 14.7. The highest BCUT2D eigenvalue weighted by Gasteiger charge is 2.19. The van der Waals surface area contributed by atoms with Crippen LogP contribution in [0.25, 0.3) is 10.1 Å². The Kier molecular flexibility index (Phi) is 4.29. The first-order valence-corrected chi connectivity index (χ1v) is 7.16. The molecule has 1 aromatic carbocycles. The van der Waals surface area contributed by atoms with Crippen molar-refractivity contribution in [2.45, 2.75) is 19.4 Å². The normalized spacial score (nSPS) is 12.1. The number of nitrogen functional groups attached to an aromatic ring is 1. The molecule has 0 aliphatic heterocycles. The average molecular weight is 290 g/mol. The Balaban J connectivity index is 2.38. The van der Waals surface area contributed by atoms with E-state index in [9.17, 15) is 4.79 Å². The molecule has 0 saturated carbocycles. The van der Waals surface area contributed by atoms with Gasteiger partial charge in [0.05, 0.1) is 18.2 Å². The minimum atomic E-state index is -0.153. The summed E-state index contributed by atoms with van der Waals surface area (Å²) in [4.78, 5) is 12.8. The predicted octanol–water partition coefficient (Wildman–Crippen LogP) is 3.19. The smallest absolute Gasteiger partial charge is 0.263 e. The van der Waals surface area contributed by atoms with Crippen molar-refractivity contribution in [3.05, 3.63) is 35.7 Å². The van der Waals surface area contributed by atoms with Crippen LogP contribution >= 0.6 is 11.3 Å². The standard InChI is InChI=1S/C15H18N2O2S/c1-4-6-9(2)17-15(18)14-13(16)12-10(19-3)7-5-8-11(12)20-14/h4-5,7-9H,1,6,16H2,2-3H3,(H,17,18). The van der Waals surface area contributed by atoms with E-state index in [0.29, 0.717) is 16.3 Å². The quantitative estimate of drug-likeness (QED) is 0.831. The highest BCUT2D eigenvalue weighted by Crippen LogP contribution is 2.39. The van der Waals surface area contributed by atoms with Gasteiger partial charge in [0.1, 0.15) is 10.6 Å². The number of nitrogens with one attached hydrogen (secondary N) is 1. The van der Waals surface area contributed by atoms with E-state index < -0.39 is 0 Å². The van der Waals surface area contributed by atoms with Gasteiger partial charge in [-0.1, -0.05) is 12.1 Å². The molecule has 20 heavy (non-hydrogen) atoms. The summed E-state index contributed by atoms with van der Waals surface area (Å²) >= 11 is 1.38. The van der Waals surface area contributed by atoms with Crippen LogP contribution in [0.15, 0.2) is 30.9 Å². The highest BCUT2D eigenvalue weighted by molar-refractivity contribution is 7.21. The molecular weight excluding hydrogens is 272 g/mol. The third kappa shape index (κ3) is 2.63. The minimum Gasteiger partial charge on any atom is -0.496 e. The number of carbonyl (C=O) groups excluding carboxylic acids is 1. The number of amides is 1. The second-order valence-electron chi connectivity index (χ2n) is 4.58. The summed E-state index contributed by atoms with van der Waals surface area (Å²) in [7, 11) is 1.60. The molecule has 1 heterocycles. The van der Waals surface area contributed by atoms with Gasteiger partial charge >= 0.3 is 0 Å². The number of carbonyl (C=O) groups is 1. The van der Waals surface area contributed by atoms with Crippen LogP contribution in [-0.4, -0.2) is 19.1 Å². The molecule has 2 aromatic rings. The zero-order valence-corrected chi connectivity index (χ0v) is 12.4. The molecule has 0 bridgehead atoms. The maximum absolute atomic E-state index is 12.3. The van der Waals surface area contributed by atoms with E-state index >= 15 is 0 Å². The Morgan fingerprint density at radius 3 is 3.00 bits per heavy atom. The molecule has 2 rings (SSSR count). The Morgan fingerprint density at radius 2 is 2.35 bits per heavy atom. The first-order valence-electron chi connectivity index (χ1n) is 6.35. The van der Waals surface area contributed by atoms with Crippen molar-refractivity contribution in [2.75, 3.05) is 12.8 Å². The Hall–Kier alpha value is -2.01. The second-order valence-corrected chi connectivity index (χ2v) is 5.63.